The van der Waals surface area contributed by atoms with Gasteiger partial charge in [0.1, 0.15) is 0 Å². The van der Waals surface area contributed by atoms with E-state index in [1.807, 2.05) is 27.7 Å². The molecular weight excluding hydrogens is 308 g/mol. The normalized spacial score (nSPS) is 12.3. The van der Waals surface area contributed by atoms with Crippen molar-refractivity contribution in [2.75, 3.05) is 13.1 Å². The van der Waals surface area contributed by atoms with E-state index in [9.17, 15) is 8.42 Å². The van der Waals surface area contributed by atoms with Gasteiger partial charge >= 0.3 is 0 Å². The highest BCUT2D eigenvalue weighted by atomic mass is 35.5. The molecule has 1 aromatic carbocycles. The minimum absolute atomic E-state index is 0.0739. The van der Waals surface area contributed by atoms with Crippen molar-refractivity contribution >= 4 is 21.6 Å². The van der Waals surface area contributed by atoms with Crippen molar-refractivity contribution in [3.05, 3.63) is 28.8 Å². The van der Waals surface area contributed by atoms with Crippen LogP contribution in [0.15, 0.2) is 23.1 Å². The Bertz CT molecular complexity index is 559. The van der Waals surface area contributed by atoms with Gasteiger partial charge in [-0.05, 0) is 44.5 Å². The summed E-state index contributed by atoms with van der Waals surface area (Å²) in [5, 5.41) is 3.66. The molecule has 0 saturated heterocycles. The maximum atomic E-state index is 12.7. The average molecular weight is 333 g/mol. The van der Waals surface area contributed by atoms with E-state index in [2.05, 4.69) is 5.32 Å². The maximum absolute atomic E-state index is 12.7. The second kappa shape index (κ2) is 8.13. The van der Waals surface area contributed by atoms with Crippen LogP contribution in [0.5, 0.6) is 0 Å². The average Bonchev–Trinajstić information content (AvgIpc) is 2.42. The lowest BCUT2D eigenvalue weighted by Crippen LogP contribution is -2.37. The van der Waals surface area contributed by atoms with Gasteiger partial charge in [0.15, 0.2) is 0 Å². The highest BCUT2D eigenvalue weighted by Crippen LogP contribution is 2.24. The smallest absolute Gasteiger partial charge is 0.243 e. The molecule has 1 N–H and O–H groups in total. The van der Waals surface area contributed by atoms with Crippen LogP contribution >= 0.6 is 11.6 Å². The molecule has 0 atom stereocenters. The molecule has 1 rings (SSSR count). The van der Waals surface area contributed by atoms with E-state index >= 15 is 0 Å². The van der Waals surface area contributed by atoms with E-state index in [0.29, 0.717) is 18.1 Å². The van der Waals surface area contributed by atoms with Crippen LogP contribution in [0.25, 0.3) is 0 Å². The van der Waals surface area contributed by atoms with Crippen LogP contribution in [0.2, 0.25) is 5.02 Å². The zero-order valence-electron chi connectivity index (χ0n) is 13.2. The summed E-state index contributed by atoms with van der Waals surface area (Å²) in [4.78, 5) is 0.259. The first-order chi connectivity index (χ1) is 9.84. The van der Waals surface area contributed by atoms with Gasteiger partial charge in [-0.2, -0.15) is 4.31 Å². The Morgan fingerprint density at radius 3 is 2.43 bits per heavy atom. The zero-order valence-corrected chi connectivity index (χ0v) is 14.8. The fourth-order valence-corrected chi connectivity index (χ4v) is 4.17. The largest absolute Gasteiger partial charge is 0.313 e. The number of halogens is 1. The summed E-state index contributed by atoms with van der Waals surface area (Å²) in [6.45, 7) is 9.74. The third-order valence-corrected chi connectivity index (χ3v) is 5.64. The van der Waals surface area contributed by atoms with Crippen LogP contribution in [0.1, 0.15) is 39.7 Å². The van der Waals surface area contributed by atoms with Crippen molar-refractivity contribution in [3.63, 3.8) is 0 Å². The molecule has 6 heteroatoms. The summed E-state index contributed by atoms with van der Waals surface area (Å²) < 4.78 is 26.9. The number of nitrogens with one attached hydrogen (secondary N) is 1. The maximum Gasteiger partial charge on any atom is 0.243 e. The molecular formula is C15H25ClN2O2S. The molecule has 0 spiro atoms. The number of benzene rings is 1. The van der Waals surface area contributed by atoms with E-state index in [4.69, 9.17) is 11.6 Å². The van der Waals surface area contributed by atoms with Crippen molar-refractivity contribution in [3.8, 4) is 0 Å². The van der Waals surface area contributed by atoms with Gasteiger partial charge < -0.3 is 5.32 Å². The highest BCUT2D eigenvalue weighted by molar-refractivity contribution is 7.89. The van der Waals surface area contributed by atoms with E-state index in [1.165, 1.54) is 4.31 Å². The molecule has 0 radical (unpaired) electrons. The molecule has 0 aliphatic carbocycles. The summed E-state index contributed by atoms with van der Waals surface area (Å²) >= 11 is 6.21. The molecule has 0 aromatic heterocycles. The van der Waals surface area contributed by atoms with Gasteiger partial charge in [0, 0.05) is 24.2 Å². The highest BCUT2D eigenvalue weighted by Gasteiger charge is 2.26. The summed E-state index contributed by atoms with van der Waals surface area (Å²) in [6.07, 6.45) is 0.781. The van der Waals surface area contributed by atoms with Crippen LogP contribution in [0, 0.1) is 0 Å². The summed E-state index contributed by atoms with van der Waals surface area (Å²) in [5.41, 5.74) is 0.907. The molecule has 0 unspecified atom stereocenters. The predicted octanol–water partition coefficient (Wildman–Crippen LogP) is 3.26. The molecule has 0 bridgehead atoms. The summed E-state index contributed by atoms with van der Waals surface area (Å²) in [7, 11) is -3.49. The molecule has 0 aliphatic heterocycles. The molecule has 0 fully saturated rings. The molecule has 0 saturated carbocycles. The Kier molecular flexibility index (Phi) is 7.13. The second-order valence-corrected chi connectivity index (χ2v) is 7.54. The molecule has 0 heterocycles. The Morgan fingerprint density at radius 1 is 1.29 bits per heavy atom. The molecule has 4 nitrogen and oxygen atoms in total. The van der Waals surface area contributed by atoms with Crippen LogP contribution in [0.3, 0.4) is 0 Å². The molecule has 0 amide bonds. The van der Waals surface area contributed by atoms with Gasteiger partial charge in [-0.15, -0.1) is 0 Å². The fourth-order valence-electron chi connectivity index (χ4n) is 2.10. The Morgan fingerprint density at radius 2 is 1.95 bits per heavy atom. The second-order valence-electron chi connectivity index (χ2n) is 5.24. The van der Waals surface area contributed by atoms with Crippen molar-refractivity contribution in [2.24, 2.45) is 0 Å². The number of nitrogens with zero attached hydrogens (tertiary/aromatic N) is 1. The summed E-state index contributed by atoms with van der Waals surface area (Å²) in [6, 6.07) is 4.89. The van der Waals surface area contributed by atoms with Crippen molar-refractivity contribution in [1.82, 2.24) is 9.62 Å². The van der Waals surface area contributed by atoms with Crippen LogP contribution in [-0.4, -0.2) is 31.9 Å². The lowest BCUT2D eigenvalue weighted by Gasteiger charge is -2.25. The van der Waals surface area contributed by atoms with Crippen molar-refractivity contribution < 1.29 is 8.42 Å². The Hall–Kier alpha value is -0.620. The first-order valence-corrected chi connectivity index (χ1v) is 9.17. The van der Waals surface area contributed by atoms with Crippen molar-refractivity contribution in [1.29, 1.82) is 0 Å². The van der Waals surface area contributed by atoms with Gasteiger partial charge in [-0.3, -0.25) is 0 Å². The third-order valence-electron chi connectivity index (χ3n) is 3.22. The third kappa shape index (κ3) is 4.68. The standard InChI is InChI=1S/C15H25ClN2O2S/c1-5-9-18(12(3)4)21(19,20)14-8-7-13(11-17-6-2)15(16)10-14/h7-8,10,12,17H,5-6,9,11H2,1-4H3. The SMILES string of the molecule is CCCN(C(C)C)S(=O)(=O)c1ccc(CNCC)c(Cl)c1. The van der Waals surface area contributed by atoms with Gasteiger partial charge in [0.2, 0.25) is 10.0 Å². The molecule has 21 heavy (non-hydrogen) atoms. The Labute approximate surface area is 133 Å². The van der Waals surface area contributed by atoms with Crippen LogP contribution in [0.4, 0.5) is 0 Å². The zero-order chi connectivity index (χ0) is 16.0. The quantitative estimate of drug-likeness (QED) is 0.795. The van der Waals surface area contributed by atoms with Crippen LogP contribution in [-0.2, 0) is 16.6 Å². The minimum atomic E-state index is -3.49. The predicted molar refractivity (Wildman–Crippen MR) is 88.2 cm³/mol. The van der Waals surface area contributed by atoms with Gasteiger partial charge in [0.05, 0.1) is 4.90 Å². The van der Waals surface area contributed by atoms with E-state index < -0.39 is 10.0 Å². The first-order valence-electron chi connectivity index (χ1n) is 7.35. The number of hydrogen-bond acceptors (Lipinski definition) is 3. The minimum Gasteiger partial charge on any atom is -0.313 e. The van der Waals surface area contributed by atoms with Crippen molar-refractivity contribution in [2.45, 2.75) is 51.6 Å². The molecule has 1 aromatic rings. The molecule has 120 valence electrons. The topological polar surface area (TPSA) is 49.4 Å². The van der Waals surface area contributed by atoms with Gasteiger partial charge in [-0.1, -0.05) is 31.5 Å². The number of sulfonamides is 1. The van der Waals surface area contributed by atoms with E-state index in [1.54, 1.807) is 18.2 Å². The lowest BCUT2D eigenvalue weighted by atomic mass is 10.2. The van der Waals surface area contributed by atoms with E-state index in [0.717, 1.165) is 18.5 Å². The first kappa shape index (κ1) is 18.4. The fraction of sp³-hybridized carbons (Fsp3) is 0.600. The van der Waals surface area contributed by atoms with Gasteiger partial charge in [-0.25, -0.2) is 8.42 Å². The summed E-state index contributed by atoms with van der Waals surface area (Å²) in [5.74, 6) is 0. The number of rotatable bonds is 8. The Balaban J connectivity index is 3.11. The number of hydrogen-bond donors (Lipinski definition) is 1. The van der Waals surface area contributed by atoms with E-state index in [-0.39, 0.29) is 10.9 Å². The van der Waals surface area contributed by atoms with Crippen LogP contribution < -0.4 is 5.32 Å². The van der Waals surface area contributed by atoms with Gasteiger partial charge in [0.25, 0.3) is 0 Å². The molecule has 0 aliphatic rings. The monoisotopic (exact) mass is 332 g/mol. The lowest BCUT2D eigenvalue weighted by molar-refractivity contribution is 0.354.